The van der Waals surface area contributed by atoms with Gasteiger partial charge in [-0.15, -0.1) is 0 Å². The summed E-state index contributed by atoms with van der Waals surface area (Å²) in [7, 11) is 0. The highest BCUT2D eigenvalue weighted by Gasteiger charge is 2.22. The first-order valence-corrected chi connectivity index (χ1v) is 7.04. The molecule has 108 valence electrons. The van der Waals surface area contributed by atoms with Gasteiger partial charge in [0.1, 0.15) is 6.10 Å². The molecule has 0 saturated carbocycles. The summed E-state index contributed by atoms with van der Waals surface area (Å²) in [5, 5.41) is 0. The highest BCUT2D eigenvalue weighted by Crippen LogP contribution is 2.16. The van der Waals surface area contributed by atoms with E-state index < -0.39 is 0 Å². The molecule has 0 radical (unpaired) electrons. The van der Waals surface area contributed by atoms with Crippen LogP contribution < -0.4 is 5.73 Å². The van der Waals surface area contributed by atoms with Gasteiger partial charge in [-0.1, -0.05) is 30.3 Å². The molecule has 1 aliphatic heterocycles. The second-order valence-corrected chi connectivity index (χ2v) is 5.31. The number of nitrogens with two attached hydrogens (primary N) is 1. The van der Waals surface area contributed by atoms with Crippen molar-refractivity contribution in [1.29, 1.82) is 0 Å². The number of carbonyl (C=O) groups excluding carboxylic acids is 1. The van der Waals surface area contributed by atoms with Crippen LogP contribution >= 0.6 is 0 Å². The third-order valence-electron chi connectivity index (χ3n) is 3.34. The number of hydrogen-bond acceptors (Lipinski definition) is 4. The van der Waals surface area contributed by atoms with Gasteiger partial charge in [-0.2, -0.15) is 0 Å². The number of allylic oxidation sites excluding steroid dienone is 1. The molecule has 1 atom stereocenters. The van der Waals surface area contributed by atoms with Crippen LogP contribution in [0.25, 0.3) is 0 Å². The van der Waals surface area contributed by atoms with E-state index >= 15 is 0 Å². The van der Waals surface area contributed by atoms with Gasteiger partial charge in [0.25, 0.3) is 0 Å². The first-order valence-electron chi connectivity index (χ1n) is 7.04. The van der Waals surface area contributed by atoms with Crippen molar-refractivity contribution in [2.75, 3.05) is 13.1 Å². The Balaban J connectivity index is 1.86. The van der Waals surface area contributed by atoms with Crippen LogP contribution in [0.1, 0.15) is 25.3 Å². The van der Waals surface area contributed by atoms with E-state index in [-0.39, 0.29) is 12.1 Å². The largest absolute Gasteiger partial charge is 0.458 e. The molecule has 1 aromatic rings. The summed E-state index contributed by atoms with van der Waals surface area (Å²) in [5.74, 6) is -0.337. The Bertz CT molecular complexity index is 467. The second kappa shape index (κ2) is 7.10. The second-order valence-electron chi connectivity index (χ2n) is 5.31. The number of esters is 1. The van der Waals surface area contributed by atoms with Crippen LogP contribution in [0.2, 0.25) is 0 Å². The molecule has 1 heterocycles. The van der Waals surface area contributed by atoms with Crippen molar-refractivity contribution in [2.24, 2.45) is 5.73 Å². The van der Waals surface area contributed by atoms with Gasteiger partial charge in [-0.25, -0.2) is 4.79 Å². The summed E-state index contributed by atoms with van der Waals surface area (Å²) in [6.45, 7) is 4.43. The minimum absolute atomic E-state index is 0.0319. The molecular formula is C16H22N2O2. The number of hydrogen-bond donors (Lipinski definition) is 1. The highest BCUT2D eigenvalue weighted by molar-refractivity contribution is 5.82. The predicted molar refractivity (Wildman–Crippen MR) is 78.8 cm³/mol. The van der Waals surface area contributed by atoms with Crippen molar-refractivity contribution in [3.05, 3.63) is 47.7 Å². The lowest BCUT2D eigenvalue weighted by molar-refractivity contribution is -0.145. The third-order valence-corrected chi connectivity index (χ3v) is 3.34. The fourth-order valence-corrected chi connectivity index (χ4v) is 2.48. The summed E-state index contributed by atoms with van der Waals surface area (Å²) in [6.07, 6.45) is 3.29. The number of ether oxygens (including phenoxy) is 1. The normalized spacial score (nSPS) is 20.6. The summed E-state index contributed by atoms with van der Waals surface area (Å²) in [4.78, 5) is 13.9. The SMILES string of the molecule is CC(N)=CC(=O)OC1CCCN(Cc2ccccc2)C1. The Morgan fingerprint density at radius 1 is 1.45 bits per heavy atom. The zero-order valence-corrected chi connectivity index (χ0v) is 11.9. The van der Waals surface area contributed by atoms with Crippen molar-refractivity contribution in [2.45, 2.75) is 32.4 Å². The fourth-order valence-electron chi connectivity index (χ4n) is 2.48. The van der Waals surface area contributed by atoms with E-state index in [0.29, 0.717) is 5.70 Å². The molecule has 0 aliphatic carbocycles. The molecule has 0 amide bonds. The van der Waals surface area contributed by atoms with Gasteiger partial charge in [-0.05, 0) is 31.9 Å². The van der Waals surface area contributed by atoms with Crippen LogP contribution in [0, 0.1) is 0 Å². The van der Waals surface area contributed by atoms with Crippen LogP contribution in [0.4, 0.5) is 0 Å². The van der Waals surface area contributed by atoms with Crippen molar-refractivity contribution in [3.8, 4) is 0 Å². The number of likely N-dealkylation sites (tertiary alicyclic amines) is 1. The average Bonchev–Trinajstić information content (AvgIpc) is 2.39. The van der Waals surface area contributed by atoms with Crippen LogP contribution in [-0.4, -0.2) is 30.1 Å². The number of nitrogens with zero attached hydrogens (tertiary/aromatic N) is 1. The highest BCUT2D eigenvalue weighted by atomic mass is 16.5. The minimum atomic E-state index is -0.337. The molecule has 0 bridgehead atoms. The van der Waals surface area contributed by atoms with Gasteiger partial charge in [0.15, 0.2) is 0 Å². The van der Waals surface area contributed by atoms with Gasteiger partial charge in [0.2, 0.25) is 0 Å². The summed E-state index contributed by atoms with van der Waals surface area (Å²) >= 11 is 0. The zero-order valence-electron chi connectivity index (χ0n) is 11.9. The molecule has 20 heavy (non-hydrogen) atoms. The monoisotopic (exact) mass is 274 g/mol. The molecule has 1 aliphatic rings. The van der Waals surface area contributed by atoms with Crippen molar-refractivity contribution in [3.63, 3.8) is 0 Å². The Hall–Kier alpha value is -1.81. The maximum absolute atomic E-state index is 11.6. The Morgan fingerprint density at radius 3 is 2.90 bits per heavy atom. The molecular weight excluding hydrogens is 252 g/mol. The average molecular weight is 274 g/mol. The van der Waals surface area contributed by atoms with Crippen LogP contribution in [0.3, 0.4) is 0 Å². The fraction of sp³-hybridized carbons (Fsp3) is 0.438. The Kier molecular flexibility index (Phi) is 5.18. The van der Waals surface area contributed by atoms with Gasteiger partial charge < -0.3 is 10.5 Å². The van der Waals surface area contributed by atoms with Gasteiger partial charge in [0, 0.05) is 24.9 Å². The van der Waals surface area contributed by atoms with E-state index in [1.54, 1.807) is 6.92 Å². The molecule has 4 nitrogen and oxygen atoms in total. The number of piperidine rings is 1. The first kappa shape index (κ1) is 14.6. The van der Waals surface area contributed by atoms with Gasteiger partial charge in [-0.3, -0.25) is 4.90 Å². The number of benzene rings is 1. The maximum Gasteiger partial charge on any atom is 0.332 e. The van der Waals surface area contributed by atoms with Crippen molar-refractivity contribution in [1.82, 2.24) is 4.90 Å². The van der Waals surface area contributed by atoms with E-state index in [1.165, 1.54) is 11.6 Å². The quantitative estimate of drug-likeness (QED) is 0.674. The van der Waals surface area contributed by atoms with E-state index in [1.807, 2.05) is 18.2 Å². The number of rotatable bonds is 4. The molecule has 1 unspecified atom stereocenters. The van der Waals surface area contributed by atoms with E-state index in [4.69, 9.17) is 10.5 Å². The lowest BCUT2D eigenvalue weighted by atomic mass is 10.1. The summed E-state index contributed by atoms with van der Waals surface area (Å²) in [6, 6.07) is 10.4. The molecule has 0 spiro atoms. The van der Waals surface area contributed by atoms with E-state index in [0.717, 1.165) is 32.5 Å². The summed E-state index contributed by atoms with van der Waals surface area (Å²) in [5.41, 5.74) is 7.25. The Morgan fingerprint density at radius 2 is 2.20 bits per heavy atom. The molecule has 1 fully saturated rings. The van der Waals surface area contributed by atoms with Crippen molar-refractivity contribution < 1.29 is 9.53 Å². The predicted octanol–water partition coefficient (Wildman–Crippen LogP) is 2.06. The molecule has 2 rings (SSSR count). The molecule has 2 N–H and O–H groups in total. The summed E-state index contributed by atoms with van der Waals surface area (Å²) < 4.78 is 5.43. The molecule has 4 heteroatoms. The van der Waals surface area contributed by atoms with Crippen molar-refractivity contribution >= 4 is 5.97 Å². The first-order chi connectivity index (χ1) is 9.63. The number of carbonyl (C=O) groups is 1. The van der Waals surface area contributed by atoms with Gasteiger partial charge in [0.05, 0.1) is 0 Å². The molecule has 1 aromatic carbocycles. The van der Waals surface area contributed by atoms with Crippen LogP contribution in [0.15, 0.2) is 42.1 Å². The van der Waals surface area contributed by atoms with Crippen LogP contribution in [-0.2, 0) is 16.1 Å². The zero-order chi connectivity index (χ0) is 14.4. The smallest absolute Gasteiger partial charge is 0.332 e. The van der Waals surface area contributed by atoms with E-state index in [9.17, 15) is 4.79 Å². The maximum atomic E-state index is 11.6. The third kappa shape index (κ3) is 4.70. The minimum Gasteiger partial charge on any atom is -0.458 e. The van der Waals surface area contributed by atoms with E-state index in [2.05, 4.69) is 17.0 Å². The molecule has 0 aromatic heterocycles. The topological polar surface area (TPSA) is 55.6 Å². The van der Waals surface area contributed by atoms with Crippen LogP contribution in [0.5, 0.6) is 0 Å². The lowest BCUT2D eigenvalue weighted by Gasteiger charge is -2.32. The standard InChI is InChI=1S/C16H22N2O2/c1-13(17)10-16(19)20-15-8-5-9-18(12-15)11-14-6-3-2-4-7-14/h2-4,6-7,10,15H,5,8-9,11-12,17H2,1H3. The lowest BCUT2D eigenvalue weighted by Crippen LogP contribution is -2.40. The Labute approximate surface area is 120 Å². The molecule has 1 saturated heterocycles. The van der Waals surface area contributed by atoms with Gasteiger partial charge >= 0.3 is 5.97 Å².